The number of carbonyl (C=O) groups is 2. The van der Waals surface area contributed by atoms with Crippen molar-refractivity contribution >= 4 is 24.4 Å². The highest BCUT2D eigenvalue weighted by Crippen LogP contribution is 2.54. The lowest BCUT2D eigenvalue weighted by molar-refractivity contribution is -0.396. The van der Waals surface area contributed by atoms with Crippen molar-refractivity contribution < 1.29 is 64.3 Å². The zero-order valence-electron chi connectivity index (χ0n) is 22.8. The molecule has 0 aromatic rings. The van der Waals surface area contributed by atoms with E-state index < -0.39 is 48.7 Å². The highest BCUT2D eigenvalue weighted by Gasteiger charge is 2.81. The topological polar surface area (TPSA) is 104 Å². The number of ether oxygens (including phenoxy) is 2. The van der Waals surface area contributed by atoms with E-state index >= 15 is 0 Å². The van der Waals surface area contributed by atoms with Crippen LogP contribution in [0.5, 0.6) is 0 Å². The summed E-state index contributed by atoms with van der Waals surface area (Å²) in [5, 5.41) is 5.23. The molecule has 0 saturated carbocycles. The van der Waals surface area contributed by atoms with Crippen molar-refractivity contribution in [2.45, 2.75) is 94.2 Å². The molecule has 0 rings (SSSR count). The minimum atomic E-state index is -6.85. The van der Waals surface area contributed by atoms with Gasteiger partial charge in [-0.15, -0.1) is 0 Å². The van der Waals surface area contributed by atoms with Gasteiger partial charge in [-0.05, 0) is 12.8 Å². The first-order valence-corrected chi connectivity index (χ1v) is 14.0. The molecule has 2 amide bonds. The van der Waals surface area contributed by atoms with Gasteiger partial charge >= 0.3 is 23.9 Å². The van der Waals surface area contributed by atoms with E-state index in [1.54, 1.807) is 0 Å². The number of quaternary nitrogens is 1. The molecule has 1 unspecified atom stereocenters. The van der Waals surface area contributed by atoms with Gasteiger partial charge in [0.15, 0.2) is 0 Å². The maximum Gasteiger partial charge on any atom is 0.460 e. The van der Waals surface area contributed by atoms with Gasteiger partial charge in [0.05, 0.1) is 33.0 Å². The van der Waals surface area contributed by atoms with E-state index in [4.69, 9.17) is 9.47 Å². The van der Waals surface area contributed by atoms with Crippen molar-refractivity contribution in [2.75, 3.05) is 45.3 Å². The summed E-state index contributed by atoms with van der Waals surface area (Å²) in [7, 11) is 0. The molecule has 0 radical (unpaired) electrons. The first-order chi connectivity index (χ1) is 19.0. The molecule has 0 saturated heterocycles. The Balaban J connectivity index is 4.01. The van der Waals surface area contributed by atoms with E-state index in [9.17, 15) is 49.1 Å². The van der Waals surface area contributed by atoms with Crippen molar-refractivity contribution in [1.82, 2.24) is 10.6 Å². The van der Waals surface area contributed by atoms with Crippen LogP contribution in [0.3, 0.4) is 0 Å². The van der Waals surface area contributed by atoms with Crippen LogP contribution in [-0.4, -0.2) is 87.1 Å². The number of alkyl halides is 9. The van der Waals surface area contributed by atoms with Crippen molar-refractivity contribution in [3.8, 4) is 0 Å². The minimum Gasteiger partial charge on any atom is -0.377 e. The molecule has 0 aromatic heterocycles. The lowest BCUT2D eigenvalue weighted by Gasteiger charge is -2.33. The van der Waals surface area contributed by atoms with Gasteiger partial charge in [-0.1, -0.05) is 38.5 Å². The summed E-state index contributed by atoms with van der Waals surface area (Å²) in [6, 6.07) is -0.821. The van der Waals surface area contributed by atoms with Crippen LogP contribution in [0.1, 0.15) is 64.2 Å². The van der Waals surface area contributed by atoms with Gasteiger partial charge in [0.2, 0.25) is 11.8 Å². The number of nitrogens with one attached hydrogen (secondary N) is 2. The summed E-state index contributed by atoms with van der Waals surface area (Å²) in [5.41, 5.74) is 3.64. The molecule has 0 fully saturated rings. The molecule has 7 nitrogen and oxygen atoms in total. The maximum atomic E-state index is 13.5. The molecule has 5 N–H and O–H groups in total. The number of hydrogen-bond acceptors (Lipinski definition) is 5. The summed E-state index contributed by atoms with van der Waals surface area (Å²) < 4.78 is 126. The van der Waals surface area contributed by atoms with Crippen LogP contribution in [-0.2, 0) is 19.1 Å². The predicted molar refractivity (Wildman–Crippen MR) is 135 cm³/mol. The molecule has 0 bridgehead atoms. The second kappa shape index (κ2) is 19.7. The summed E-state index contributed by atoms with van der Waals surface area (Å²) in [6.07, 6.45) is -5.92. The van der Waals surface area contributed by atoms with Crippen LogP contribution in [0, 0.1) is 0 Å². The Morgan fingerprint density at radius 3 is 1.76 bits per heavy atom. The van der Waals surface area contributed by atoms with Crippen LogP contribution in [0.15, 0.2) is 0 Å². The molecule has 0 aliphatic carbocycles. The van der Waals surface area contributed by atoms with Crippen LogP contribution in [0.25, 0.3) is 0 Å². The van der Waals surface area contributed by atoms with Gasteiger partial charge in [-0.25, -0.2) is 0 Å². The van der Waals surface area contributed by atoms with Crippen LogP contribution < -0.4 is 16.4 Å². The summed E-state index contributed by atoms with van der Waals surface area (Å²) >= 11 is 4.08. The first kappa shape index (κ1) is 39.5. The third kappa shape index (κ3) is 14.5. The first-order valence-electron chi connectivity index (χ1n) is 13.4. The second-order valence-electron chi connectivity index (χ2n) is 9.35. The number of carbonyl (C=O) groups excluding carboxylic acids is 2. The van der Waals surface area contributed by atoms with E-state index in [-0.39, 0.29) is 37.7 Å². The van der Waals surface area contributed by atoms with E-state index in [1.807, 2.05) is 0 Å². The molecule has 1 atom stereocenters. The molecule has 244 valence electrons. The average molecular weight is 639 g/mol. The standard InChI is InChI=1S/C24H40F9N3O4S/c25-21(26,22(27,28)23(29,30)24(31,32)33)10-8-6-4-2-1-3-5-7-9-19(37)36-18(17-41)20(38)35-12-14-40-16-15-39-13-11-34/h18,41H,1-17,34H2,(H,35,38)(H,36,37)/p+1. The monoisotopic (exact) mass is 638 g/mol. The maximum absolute atomic E-state index is 13.5. The highest BCUT2D eigenvalue weighted by molar-refractivity contribution is 7.80. The summed E-state index contributed by atoms with van der Waals surface area (Å²) in [6.45, 7) is 2.52. The van der Waals surface area contributed by atoms with Crippen LogP contribution in [0.4, 0.5) is 39.5 Å². The average Bonchev–Trinajstić information content (AvgIpc) is 2.88. The predicted octanol–water partition coefficient (Wildman–Crippen LogP) is 4.16. The number of rotatable bonds is 24. The number of unbranched alkanes of at least 4 members (excludes halogenated alkanes) is 7. The Morgan fingerprint density at radius 2 is 1.24 bits per heavy atom. The molecule has 0 heterocycles. The van der Waals surface area contributed by atoms with Crippen molar-refractivity contribution in [3.05, 3.63) is 0 Å². The molecule has 17 heteroatoms. The van der Waals surface area contributed by atoms with Gasteiger partial charge in [-0.3, -0.25) is 9.59 Å². The van der Waals surface area contributed by atoms with Crippen molar-refractivity contribution in [2.24, 2.45) is 0 Å². The Hall–Kier alpha value is -1.46. The number of thiol groups is 1. The van der Waals surface area contributed by atoms with Gasteiger partial charge < -0.3 is 25.8 Å². The quantitative estimate of drug-likeness (QED) is 0.0725. The lowest BCUT2D eigenvalue weighted by Crippen LogP contribution is -2.60. The Labute approximate surface area is 239 Å². The summed E-state index contributed by atoms with van der Waals surface area (Å²) in [5.74, 6) is -19.6. The third-order valence-corrected chi connectivity index (χ3v) is 6.26. The molecule has 41 heavy (non-hydrogen) atoms. The molecule has 0 aliphatic rings. The van der Waals surface area contributed by atoms with E-state index in [0.29, 0.717) is 64.9 Å². The SMILES string of the molecule is [NH3+]CCOCCOCCNC(=O)C(CS)NC(=O)CCCCCCCCCCC(F)(F)C(F)(F)C(F)(F)C(F)(F)F. The normalized spacial score (nSPS) is 13.7. The van der Waals surface area contributed by atoms with Gasteiger partial charge in [0.1, 0.15) is 6.04 Å². The molecular weight excluding hydrogens is 597 g/mol. The minimum absolute atomic E-state index is 0.0454. The molecular formula is C24H41F9N3O4S+. The molecule has 0 aromatic carbocycles. The number of hydrogen-bond donors (Lipinski definition) is 4. The molecule has 0 aliphatic heterocycles. The van der Waals surface area contributed by atoms with E-state index in [1.165, 1.54) is 0 Å². The Morgan fingerprint density at radius 1 is 0.732 bits per heavy atom. The lowest BCUT2D eigenvalue weighted by atomic mass is 9.97. The summed E-state index contributed by atoms with van der Waals surface area (Å²) in [4.78, 5) is 24.3. The Kier molecular flexibility index (Phi) is 19.0. The van der Waals surface area contributed by atoms with Gasteiger partial charge in [0, 0.05) is 25.1 Å². The number of halogens is 9. The smallest absolute Gasteiger partial charge is 0.377 e. The fourth-order valence-electron chi connectivity index (χ4n) is 3.51. The van der Waals surface area contributed by atoms with Crippen molar-refractivity contribution in [3.63, 3.8) is 0 Å². The van der Waals surface area contributed by atoms with E-state index in [2.05, 4.69) is 29.0 Å². The van der Waals surface area contributed by atoms with E-state index in [0.717, 1.165) is 0 Å². The zero-order valence-corrected chi connectivity index (χ0v) is 23.7. The van der Waals surface area contributed by atoms with Crippen LogP contribution >= 0.6 is 12.6 Å². The van der Waals surface area contributed by atoms with Crippen molar-refractivity contribution in [1.29, 1.82) is 0 Å². The zero-order chi connectivity index (χ0) is 31.6. The van der Waals surface area contributed by atoms with Gasteiger partial charge in [0.25, 0.3) is 0 Å². The second-order valence-corrected chi connectivity index (χ2v) is 9.72. The van der Waals surface area contributed by atoms with Gasteiger partial charge in [-0.2, -0.15) is 52.1 Å². The fraction of sp³-hybridized carbons (Fsp3) is 0.917. The molecule has 0 spiro atoms. The highest BCUT2D eigenvalue weighted by atomic mass is 32.1. The fourth-order valence-corrected chi connectivity index (χ4v) is 3.77. The number of amides is 2. The third-order valence-electron chi connectivity index (χ3n) is 5.89. The Bertz CT molecular complexity index is 748. The largest absolute Gasteiger partial charge is 0.460 e. The van der Waals surface area contributed by atoms with Crippen LogP contribution in [0.2, 0.25) is 0 Å².